The van der Waals surface area contributed by atoms with Crippen LogP contribution in [0, 0.1) is 36.0 Å². The lowest BCUT2D eigenvalue weighted by Crippen LogP contribution is -2.15. The molecular weight excluding hydrogens is 479 g/mol. The normalized spacial score (nSPS) is 17.6. The van der Waals surface area contributed by atoms with E-state index in [0.29, 0.717) is 36.8 Å². The molecule has 0 atom stereocenters. The van der Waals surface area contributed by atoms with E-state index in [-0.39, 0.29) is 29.8 Å². The molecule has 3 nitrogen and oxygen atoms in total. The number of aryl methyl sites for hydroxylation is 1. The van der Waals surface area contributed by atoms with Gasteiger partial charge in [-0.1, -0.05) is 18.2 Å². The van der Waals surface area contributed by atoms with Crippen molar-refractivity contribution < 1.29 is 36.2 Å². The van der Waals surface area contributed by atoms with Gasteiger partial charge in [0, 0.05) is 0 Å². The van der Waals surface area contributed by atoms with Crippen LogP contribution >= 0.6 is 0 Å². The molecule has 8 heteroatoms. The second-order valence-electron chi connectivity index (χ2n) is 8.90. The summed E-state index contributed by atoms with van der Waals surface area (Å²) in [6.07, 6.45) is 2.50. The van der Waals surface area contributed by atoms with Crippen molar-refractivity contribution in [2.75, 3.05) is 6.61 Å². The van der Waals surface area contributed by atoms with E-state index in [0.717, 1.165) is 12.1 Å². The second-order valence-corrected chi connectivity index (χ2v) is 8.90. The van der Waals surface area contributed by atoms with Gasteiger partial charge in [0.05, 0.1) is 12.2 Å². The van der Waals surface area contributed by atoms with Gasteiger partial charge in [0.2, 0.25) is 11.6 Å². The van der Waals surface area contributed by atoms with Crippen LogP contribution in [0.5, 0.6) is 11.5 Å². The van der Waals surface area contributed by atoms with Gasteiger partial charge in [-0.2, -0.15) is 8.78 Å². The summed E-state index contributed by atoms with van der Waals surface area (Å²) >= 11 is 0. The maximum atomic E-state index is 14.8. The molecule has 36 heavy (non-hydrogen) atoms. The van der Waals surface area contributed by atoms with E-state index >= 15 is 0 Å². The first-order valence-electron chi connectivity index (χ1n) is 11.8. The van der Waals surface area contributed by atoms with Gasteiger partial charge >= 0.3 is 5.97 Å². The molecule has 1 fully saturated rings. The van der Waals surface area contributed by atoms with Gasteiger partial charge in [-0.05, 0) is 92.3 Å². The lowest BCUT2D eigenvalue weighted by molar-refractivity contribution is 0.0721. The van der Waals surface area contributed by atoms with Crippen LogP contribution in [0.15, 0.2) is 42.5 Å². The summed E-state index contributed by atoms with van der Waals surface area (Å²) < 4.78 is 81.2. The third-order valence-corrected chi connectivity index (χ3v) is 6.67. The maximum Gasteiger partial charge on any atom is 0.346 e. The summed E-state index contributed by atoms with van der Waals surface area (Å²) in [5.41, 5.74) is 0.864. The SMILES string of the molecule is CCOc1ccc(OC(=O)c2ccc(C3CCC(c4ccc(C)c(F)c4F)CC3)cc2F)c(F)c1F. The smallest absolute Gasteiger partial charge is 0.346 e. The molecule has 3 aromatic carbocycles. The predicted molar refractivity (Wildman–Crippen MR) is 124 cm³/mol. The van der Waals surface area contributed by atoms with E-state index in [2.05, 4.69) is 0 Å². The number of hydrogen-bond acceptors (Lipinski definition) is 3. The number of benzene rings is 3. The zero-order valence-corrected chi connectivity index (χ0v) is 19.8. The zero-order valence-electron chi connectivity index (χ0n) is 19.8. The summed E-state index contributed by atoms with van der Waals surface area (Å²) in [6, 6.07) is 9.41. The first kappa shape index (κ1) is 25.7. The first-order valence-corrected chi connectivity index (χ1v) is 11.8. The number of carbonyl (C=O) groups is 1. The van der Waals surface area contributed by atoms with Crippen molar-refractivity contribution >= 4 is 5.97 Å². The van der Waals surface area contributed by atoms with Crippen LogP contribution in [0.1, 0.15) is 71.5 Å². The average Bonchev–Trinajstić information content (AvgIpc) is 2.87. The van der Waals surface area contributed by atoms with E-state index in [1.807, 2.05) is 0 Å². The Kier molecular flexibility index (Phi) is 7.62. The minimum atomic E-state index is -1.41. The number of rotatable bonds is 6. The highest BCUT2D eigenvalue weighted by Gasteiger charge is 2.28. The zero-order chi connectivity index (χ0) is 26.0. The van der Waals surface area contributed by atoms with E-state index < -0.39 is 46.4 Å². The first-order chi connectivity index (χ1) is 17.2. The monoisotopic (exact) mass is 504 g/mol. The standard InChI is InChI=1S/C28H25F5O3/c1-3-35-22-12-13-23(27(33)26(22)32)36-28(34)20-11-9-18(14-21(20)29)16-5-7-17(8-6-16)19-10-4-15(2)24(30)25(19)31/h4,9-14,16-17H,3,5-8H2,1-2H3. The summed E-state index contributed by atoms with van der Waals surface area (Å²) in [4.78, 5) is 12.4. The largest absolute Gasteiger partial charge is 0.491 e. The molecule has 0 aliphatic heterocycles. The minimum Gasteiger partial charge on any atom is -0.491 e. The molecule has 0 radical (unpaired) electrons. The summed E-state index contributed by atoms with van der Waals surface area (Å²) in [7, 11) is 0. The van der Waals surface area contributed by atoms with Crippen molar-refractivity contribution in [1.29, 1.82) is 0 Å². The molecule has 1 saturated carbocycles. The Balaban J connectivity index is 1.43. The molecule has 0 saturated heterocycles. The molecule has 0 heterocycles. The molecule has 190 valence electrons. The minimum absolute atomic E-state index is 0.0168. The lowest BCUT2D eigenvalue weighted by atomic mass is 9.76. The second kappa shape index (κ2) is 10.7. The summed E-state index contributed by atoms with van der Waals surface area (Å²) in [5.74, 6) is -7.51. The molecule has 0 spiro atoms. The van der Waals surface area contributed by atoms with Gasteiger partial charge in [-0.25, -0.2) is 18.0 Å². The number of hydrogen-bond donors (Lipinski definition) is 0. The lowest BCUT2D eigenvalue weighted by Gasteiger charge is -2.29. The molecule has 3 aromatic rings. The van der Waals surface area contributed by atoms with Crippen molar-refractivity contribution in [2.45, 2.75) is 51.4 Å². The van der Waals surface area contributed by atoms with Crippen LogP contribution in [0.25, 0.3) is 0 Å². The quantitative estimate of drug-likeness (QED) is 0.196. The Morgan fingerprint density at radius 2 is 1.44 bits per heavy atom. The summed E-state index contributed by atoms with van der Waals surface area (Å²) in [5, 5.41) is 0. The van der Waals surface area contributed by atoms with Gasteiger partial charge < -0.3 is 9.47 Å². The molecule has 0 unspecified atom stereocenters. The Hall–Kier alpha value is -3.42. The fourth-order valence-electron chi connectivity index (χ4n) is 4.68. The molecule has 1 aliphatic carbocycles. The predicted octanol–water partition coefficient (Wildman–Crippen LogP) is 7.75. The van der Waals surface area contributed by atoms with Crippen LogP contribution in [0.3, 0.4) is 0 Å². The van der Waals surface area contributed by atoms with E-state index in [1.54, 1.807) is 25.1 Å². The molecule has 1 aliphatic rings. The molecule has 0 aromatic heterocycles. The number of carbonyl (C=O) groups excluding carboxylic acids is 1. The van der Waals surface area contributed by atoms with Crippen LogP contribution in [-0.4, -0.2) is 12.6 Å². The van der Waals surface area contributed by atoms with Crippen molar-refractivity contribution in [1.82, 2.24) is 0 Å². The van der Waals surface area contributed by atoms with Gasteiger partial charge in [-0.15, -0.1) is 0 Å². The van der Waals surface area contributed by atoms with Gasteiger partial charge in [0.1, 0.15) is 5.82 Å². The van der Waals surface area contributed by atoms with Crippen LogP contribution < -0.4 is 9.47 Å². The highest BCUT2D eigenvalue weighted by molar-refractivity contribution is 5.91. The number of halogens is 5. The van der Waals surface area contributed by atoms with E-state index in [4.69, 9.17) is 9.47 Å². The van der Waals surface area contributed by atoms with Crippen LogP contribution in [-0.2, 0) is 0 Å². The molecule has 4 rings (SSSR count). The molecule has 0 bridgehead atoms. The Labute approximate surface area is 205 Å². The van der Waals surface area contributed by atoms with Crippen molar-refractivity contribution in [3.05, 3.63) is 93.8 Å². The number of ether oxygens (including phenoxy) is 2. The fraction of sp³-hybridized carbons (Fsp3) is 0.321. The van der Waals surface area contributed by atoms with E-state index in [9.17, 15) is 26.7 Å². The fourth-order valence-corrected chi connectivity index (χ4v) is 4.68. The highest BCUT2D eigenvalue weighted by atomic mass is 19.2. The molecule has 0 amide bonds. The molecular formula is C28H25F5O3. The third-order valence-electron chi connectivity index (χ3n) is 6.67. The maximum absolute atomic E-state index is 14.8. The Morgan fingerprint density at radius 1 is 0.806 bits per heavy atom. The van der Waals surface area contributed by atoms with Crippen LogP contribution in [0.2, 0.25) is 0 Å². The Bertz CT molecular complexity index is 1280. The highest BCUT2D eigenvalue weighted by Crippen LogP contribution is 2.42. The molecule has 0 N–H and O–H groups in total. The van der Waals surface area contributed by atoms with E-state index in [1.165, 1.54) is 19.1 Å². The van der Waals surface area contributed by atoms with Crippen LogP contribution in [0.4, 0.5) is 22.0 Å². The van der Waals surface area contributed by atoms with Gasteiger partial charge in [-0.3, -0.25) is 0 Å². The summed E-state index contributed by atoms with van der Waals surface area (Å²) in [6.45, 7) is 3.24. The third kappa shape index (κ3) is 5.08. The van der Waals surface area contributed by atoms with Crippen molar-refractivity contribution in [2.24, 2.45) is 0 Å². The van der Waals surface area contributed by atoms with Crippen molar-refractivity contribution in [3.8, 4) is 11.5 Å². The Morgan fingerprint density at radius 3 is 2.11 bits per heavy atom. The van der Waals surface area contributed by atoms with Gasteiger partial charge in [0.25, 0.3) is 0 Å². The van der Waals surface area contributed by atoms with Crippen molar-refractivity contribution in [3.63, 3.8) is 0 Å². The number of esters is 1. The topological polar surface area (TPSA) is 35.5 Å². The van der Waals surface area contributed by atoms with Gasteiger partial charge in [0.15, 0.2) is 23.1 Å². The average molecular weight is 504 g/mol.